The van der Waals surface area contributed by atoms with Gasteiger partial charge in [-0.1, -0.05) is 0 Å². The van der Waals surface area contributed by atoms with Crippen LogP contribution in [-0.2, 0) is 20.8 Å². The van der Waals surface area contributed by atoms with Gasteiger partial charge in [-0.25, -0.2) is 0 Å². The van der Waals surface area contributed by atoms with Crippen molar-refractivity contribution < 1.29 is 24.3 Å². The van der Waals surface area contributed by atoms with Crippen LogP contribution < -0.4 is 5.32 Å². The van der Waals surface area contributed by atoms with Crippen LogP contribution in [0.2, 0.25) is 0 Å². The van der Waals surface area contributed by atoms with Gasteiger partial charge in [0.15, 0.2) is 0 Å². The number of rotatable bonds is 4. The Labute approximate surface area is 163 Å². The van der Waals surface area contributed by atoms with E-state index < -0.39 is 5.97 Å². The molecule has 0 spiro atoms. The van der Waals surface area contributed by atoms with Crippen molar-refractivity contribution in [2.45, 2.75) is 45.1 Å². The summed E-state index contributed by atoms with van der Waals surface area (Å²) < 4.78 is 0. The Morgan fingerprint density at radius 3 is 2.71 bits per heavy atom. The molecule has 3 amide bonds. The van der Waals surface area contributed by atoms with E-state index >= 15 is 0 Å². The first kappa shape index (κ1) is 19.9. The van der Waals surface area contributed by atoms with Crippen molar-refractivity contribution in [2.24, 2.45) is 0 Å². The lowest BCUT2D eigenvalue weighted by molar-refractivity contribution is -0.145. The second-order valence-corrected chi connectivity index (χ2v) is 7.34. The molecule has 1 aromatic rings. The van der Waals surface area contributed by atoms with E-state index in [1.807, 2.05) is 6.07 Å². The molecule has 1 aromatic carbocycles. The SMILES string of the molecule is CC(=O)N(CC(=O)O)C1CCCN(C(=O)c2ccc3c(c2)CCC(=O)N3)CC1. The molecule has 2 aliphatic heterocycles. The molecular weight excluding hydrogens is 362 g/mol. The first-order valence-electron chi connectivity index (χ1n) is 9.56. The molecule has 8 nitrogen and oxygen atoms in total. The fourth-order valence-electron chi connectivity index (χ4n) is 3.94. The van der Waals surface area contributed by atoms with E-state index in [2.05, 4.69) is 5.32 Å². The number of anilines is 1. The highest BCUT2D eigenvalue weighted by Gasteiger charge is 2.28. The van der Waals surface area contributed by atoms with Gasteiger partial charge < -0.3 is 20.2 Å². The number of carbonyl (C=O) groups is 4. The minimum Gasteiger partial charge on any atom is -0.480 e. The summed E-state index contributed by atoms with van der Waals surface area (Å²) in [5.41, 5.74) is 2.30. The highest BCUT2D eigenvalue weighted by atomic mass is 16.4. The smallest absolute Gasteiger partial charge is 0.323 e. The number of carboxylic acid groups (broad SMARTS) is 1. The molecule has 2 aliphatic rings. The molecule has 150 valence electrons. The average Bonchev–Trinajstić information content (AvgIpc) is 2.90. The highest BCUT2D eigenvalue weighted by molar-refractivity contribution is 5.98. The maximum atomic E-state index is 13.0. The van der Waals surface area contributed by atoms with E-state index in [0.29, 0.717) is 50.8 Å². The van der Waals surface area contributed by atoms with Crippen LogP contribution in [0.3, 0.4) is 0 Å². The third kappa shape index (κ3) is 4.49. The molecule has 0 aliphatic carbocycles. The van der Waals surface area contributed by atoms with Gasteiger partial charge in [-0.2, -0.15) is 0 Å². The molecular formula is C20H25N3O5. The van der Waals surface area contributed by atoms with Crippen molar-refractivity contribution >= 4 is 29.4 Å². The number of carboxylic acids is 1. The Morgan fingerprint density at radius 2 is 2.00 bits per heavy atom. The van der Waals surface area contributed by atoms with Gasteiger partial charge >= 0.3 is 5.97 Å². The number of likely N-dealkylation sites (tertiary alicyclic amines) is 1. The van der Waals surface area contributed by atoms with Crippen molar-refractivity contribution in [3.05, 3.63) is 29.3 Å². The third-order valence-corrected chi connectivity index (χ3v) is 5.38. The van der Waals surface area contributed by atoms with Crippen LogP contribution >= 0.6 is 0 Å². The number of nitrogens with zero attached hydrogens (tertiary/aromatic N) is 2. The van der Waals surface area contributed by atoms with E-state index in [-0.39, 0.29) is 30.3 Å². The lowest BCUT2D eigenvalue weighted by Crippen LogP contribution is -2.43. The third-order valence-electron chi connectivity index (χ3n) is 5.38. The predicted molar refractivity (Wildman–Crippen MR) is 102 cm³/mol. The van der Waals surface area contributed by atoms with E-state index in [1.165, 1.54) is 11.8 Å². The van der Waals surface area contributed by atoms with Gasteiger partial charge in [0.1, 0.15) is 6.54 Å². The van der Waals surface area contributed by atoms with Gasteiger partial charge in [0.25, 0.3) is 5.91 Å². The summed E-state index contributed by atoms with van der Waals surface area (Å²) in [7, 11) is 0. The second kappa shape index (κ2) is 8.41. The first-order chi connectivity index (χ1) is 13.3. The molecule has 0 radical (unpaired) electrons. The van der Waals surface area contributed by atoms with E-state index in [4.69, 9.17) is 5.11 Å². The Hall–Kier alpha value is -2.90. The largest absolute Gasteiger partial charge is 0.480 e. The monoisotopic (exact) mass is 387 g/mol. The Morgan fingerprint density at radius 1 is 1.21 bits per heavy atom. The van der Waals surface area contributed by atoms with Gasteiger partial charge in [0.2, 0.25) is 11.8 Å². The Bertz CT molecular complexity index is 807. The molecule has 2 heterocycles. The summed E-state index contributed by atoms with van der Waals surface area (Å²) >= 11 is 0. The molecule has 3 rings (SSSR count). The lowest BCUT2D eigenvalue weighted by Gasteiger charge is -2.29. The number of nitrogens with one attached hydrogen (secondary N) is 1. The van der Waals surface area contributed by atoms with Crippen LogP contribution in [0.15, 0.2) is 18.2 Å². The molecule has 0 aromatic heterocycles. The van der Waals surface area contributed by atoms with Crippen molar-refractivity contribution in [3.8, 4) is 0 Å². The second-order valence-electron chi connectivity index (χ2n) is 7.34. The molecule has 1 atom stereocenters. The zero-order chi connectivity index (χ0) is 20.3. The Kier molecular flexibility index (Phi) is 5.96. The summed E-state index contributed by atoms with van der Waals surface area (Å²) in [5, 5.41) is 11.9. The van der Waals surface area contributed by atoms with Crippen LogP contribution in [-0.4, -0.2) is 64.3 Å². The minimum atomic E-state index is -1.03. The molecule has 8 heteroatoms. The molecule has 0 saturated carbocycles. The van der Waals surface area contributed by atoms with Crippen LogP contribution in [0.25, 0.3) is 0 Å². The molecule has 0 bridgehead atoms. The van der Waals surface area contributed by atoms with E-state index in [0.717, 1.165) is 11.3 Å². The fourth-order valence-corrected chi connectivity index (χ4v) is 3.94. The van der Waals surface area contributed by atoms with Crippen molar-refractivity contribution in [1.29, 1.82) is 0 Å². The van der Waals surface area contributed by atoms with E-state index in [9.17, 15) is 19.2 Å². The zero-order valence-electron chi connectivity index (χ0n) is 15.9. The number of hydrogen-bond donors (Lipinski definition) is 2. The summed E-state index contributed by atoms with van der Waals surface area (Å²) in [4.78, 5) is 50.5. The number of hydrogen-bond acceptors (Lipinski definition) is 4. The minimum absolute atomic E-state index is 0.0125. The average molecular weight is 387 g/mol. The molecule has 28 heavy (non-hydrogen) atoms. The van der Waals surface area contributed by atoms with Gasteiger partial charge in [-0.05, 0) is 49.4 Å². The number of aliphatic carboxylic acids is 1. The molecule has 1 unspecified atom stereocenters. The number of benzene rings is 1. The number of aryl methyl sites for hydroxylation is 1. The van der Waals surface area contributed by atoms with Crippen molar-refractivity contribution in [3.63, 3.8) is 0 Å². The number of fused-ring (bicyclic) bond motifs is 1. The van der Waals surface area contributed by atoms with Crippen molar-refractivity contribution in [1.82, 2.24) is 9.80 Å². The van der Waals surface area contributed by atoms with Gasteiger partial charge in [0, 0.05) is 43.7 Å². The molecule has 1 saturated heterocycles. The highest BCUT2D eigenvalue weighted by Crippen LogP contribution is 2.25. The van der Waals surface area contributed by atoms with Gasteiger partial charge in [-0.3, -0.25) is 19.2 Å². The quantitative estimate of drug-likeness (QED) is 0.814. The zero-order valence-corrected chi connectivity index (χ0v) is 15.9. The van der Waals surface area contributed by atoms with Crippen LogP contribution in [0.4, 0.5) is 5.69 Å². The normalized spacial score (nSPS) is 19.2. The predicted octanol–water partition coefficient (Wildman–Crippen LogP) is 1.50. The summed E-state index contributed by atoms with van der Waals surface area (Å²) in [6.07, 6.45) is 2.97. The summed E-state index contributed by atoms with van der Waals surface area (Å²) in [5.74, 6) is -1.38. The molecule has 2 N–H and O–H groups in total. The maximum absolute atomic E-state index is 13.0. The van der Waals surface area contributed by atoms with Crippen molar-refractivity contribution in [2.75, 3.05) is 25.0 Å². The fraction of sp³-hybridized carbons (Fsp3) is 0.500. The molecule has 1 fully saturated rings. The first-order valence-corrected chi connectivity index (χ1v) is 9.56. The summed E-state index contributed by atoms with van der Waals surface area (Å²) in [6.45, 7) is 2.11. The van der Waals surface area contributed by atoms with Gasteiger partial charge in [-0.15, -0.1) is 0 Å². The number of amides is 3. The summed E-state index contributed by atoms with van der Waals surface area (Å²) in [6, 6.07) is 5.16. The van der Waals surface area contributed by atoms with Gasteiger partial charge in [0.05, 0.1) is 0 Å². The van der Waals surface area contributed by atoms with Crippen LogP contribution in [0, 0.1) is 0 Å². The maximum Gasteiger partial charge on any atom is 0.323 e. The van der Waals surface area contributed by atoms with Crippen LogP contribution in [0.5, 0.6) is 0 Å². The standard InChI is InChI=1S/C20H25N3O5/c1-13(24)23(12-19(26)27)16-3-2-9-22(10-8-16)20(28)15-4-6-17-14(11-15)5-7-18(25)21-17/h4,6,11,16H,2-3,5,7-10,12H2,1H3,(H,21,25)(H,26,27). The van der Waals surface area contributed by atoms with Crippen LogP contribution in [0.1, 0.15) is 48.5 Å². The van der Waals surface area contributed by atoms with E-state index in [1.54, 1.807) is 17.0 Å². The Balaban J connectivity index is 1.68. The lowest BCUT2D eigenvalue weighted by atomic mass is 10.00. The number of carbonyl (C=O) groups excluding carboxylic acids is 3. The topological polar surface area (TPSA) is 107 Å².